The number of carbonyl (C=O) groups excluding carboxylic acids is 2. The Hall–Kier alpha value is -4.23. The van der Waals surface area contributed by atoms with Crippen LogP contribution in [0.3, 0.4) is 0 Å². The van der Waals surface area contributed by atoms with Gasteiger partial charge in [0.05, 0.1) is 32.8 Å². The van der Waals surface area contributed by atoms with E-state index in [1.165, 1.54) is 57.4 Å². The van der Waals surface area contributed by atoms with E-state index in [9.17, 15) is 14.4 Å². The summed E-state index contributed by atoms with van der Waals surface area (Å²) in [4.78, 5) is 32.7. The van der Waals surface area contributed by atoms with Crippen LogP contribution in [-0.4, -0.2) is 118 Å². The minimum Gasteiger partial charge on any atom is -0.476 e. The summed E-state index contributed by atoms with van der Waals surface area (Å²) in [5, 5.41) is 31.3. The number of nitrogens with one attached hydrogen (secondary N) is 1. The number of esters is 2. The monoisotopic (exact) mass is 558 g/mol. The summed E-state index contributed by atoms with van der Waals surface area (Å²) in [6, 6.07) is 0. The van der Waals surface area contributed by atoms with Gasteiger partial charge < -0.3 is 28.8 Å². The lowest BCUT2D eigenvalue weighted by atomic mass is 10.5. The zero-order valence-electron chi connectivity index (χ0n) is 21.6. The molecule has 0 saturated carbocycles. The van der Waals surface area contributed by atoms with Crippen molar-refractivity contribution in [3.8, 4) is 0 Å². The van der Waals surface area contributed by atoms with Gasteiger partial charge in [-0.2, -0.15) is 20.2 Å². The van der Waals surface area contributed by atoms with Gasteiger partial charge in [0.1, 0.15) is 0 Å². The molecule has 219 valence electrons. The Labute approximate surface area is 228 Å². The number of aromatic carboxylic acids is 1. The van der Waals surface area contributed by atoms with Crippen molar-refractivity contribution in [1.29, 1.82) is 0 Å². The highest BCUT2D eigenvalue weighted by Crippen LogP contribution is 2.08. The third kappa shape index (κ3) is 15.6. The smallest absolute Gasteiger partial charge is 0.360 e. The van der Waals surface area contributed by atoms with E-state index < -0.39 is 23.9 Å². The lowest BCUT2D eigenvalue weighted by Crippen LogP contribution is -2.31. The SMILES string of the molecule is C.C.COC(=O)c1cnn(C)n1.COC(=O)c1cnnn1C.COC(C)(OC)OC.O=C(O)c1cn[nH]n1.[B]. The summed E-state index contributed by atoms with van der Waals surface area (Å²) < 4.78 is 24.6. The molecule has 0 aliphatic carbocycles. The molecule has 19 heteroatoms. The van der Waals surface area contributed by atoms with Crippen LogP contribution in [0.1, 0.15) is 53.2 Å². The molecule has 3 radical (unpaired) electrons. The minimum atomic E-state index is -1.07. The van der Waals surface area contributed by atoms with Gasteiger partial charge in [-0.3, -0.25) is 0 Å². The van der Waals surface area contributed by atoms with Crippen LogP contribution in [0.2, 0.25) is 0 Å². The van der Waals surface area contributed by atoms with Gasteiger partial charge in [-0.25, -0.2) is 19.1 Å². The van der Waals surface area contributed by atoms with Crippen LogP contribution in [0.4, 0.5) is 0 Å². The maximum Gasteiger partial charge on any atom is 0.360 e. The fourth-order valence-electron chi connectivity index (χ4n) is 1.68. The van der Waals surface area contributed by atoms with Gasteiger partial charge >= 0.3 is 17.9 Å². The normalized spacial score (nSPS) is 9.13. The van der Waals surface area contributed by atoms with Crippen LogP contribution in [-0.2, 0) is 37.8 Å². The molecule has 0 unspecified atom stereocenters. The summed E-state index contributed by atoms with van der Waals surface area (Å²) >= 11 is 0. The number of hydrogen-bond donors (Lipinski definition) is 2. The Balaban J connectivity index is -0.000000205. The Bertz CT molecular complexity index is 1050. The molecule has 0 aliphatic rings. The average molecular weight is 558 g/mol. The Morgan fingerprint density at radius 1 is 0.897 bits per heavy atom. The molecular formula is C20H37BN9O9. The van der Waals surface area contributed by atoms with Crippen molar-refractivity contribution < 1.29 is 43.2 Å². The van der Waals surface area contributed by atoms with Crippen LogP contribution in [0, 0.1) is 0 Å². The second-order valence-electron chi connectivity index (χ2n) is 6.08. The van der Waals surface area contributed by atoms with Crippen molar-refractivity contribution in [1.82, 2.24) is 45.4 Å². The molecule has 0 aromatic carbocycles. The summed E-state index contributed by atoms with van der Waals surface area (Å²) in [6.07, 6.45) is 3.85. The zero-order chi connectivity index (χ0) is 27.7. The predicted octanol–water partition coefficient (Wildman–Crippen LogP) is 0.197. The first-order chi connectivity index (χ1) is 17.0. The first-order valence-corrected chi connectivity index (χ1v) is 9.60. The Morgan fingerprint density at radius 3 is 1.69 bits per heavy atom. The van der Waals surface area contributed by atoms with Crippen LogP contribution in [0.5, 0.6) is 0 Å². The molecule has 0 saturated heterocycles. The number of methoxy groups -OCH3 is 5. The van der Waals surface area contributed by atoms with E-state index in [1.807, 2.05) is 0 Å². The van der Waals surface area contributed by atoms with Crippen LogP contribution < -0.4 is 0 Å². The molecule has 0 amide bonds. The molecule has 18 nitrogen and oxygen atoms in total. The second kappa shape index (κ2) is 21.8. The average Bonchev–Trinajstić information content (AvgIpc) is 3.66. The number of carbonyl (C=O) groups is 3. The maximum absolute atomic E-state index is 10.8. The molecule has 0 bridgehead atoms. The third-order valence-corrected chi connectivity index (χ3v) is 3.85. The number of hydrogen-bond acceptors (Lipinski definition) is 14. The predicted molar refractivity (Wildman–Crippen MR) is 137 cm³/mol. The lowest BCUT2D eigenvalue weighted by Gasteiger charge is -2.23. The number of H-pyrrole nitrogens is 1. The van der Waals surface area contributed by atoms with Crippen molar-refractivity contribution >= 4 is 26.3 Å². The summed E-state index contributed by atoms with van der Waals surface area (Å²) in [6.45, 7) is 1.69. The molecule has 0 atom stereocenters. The fourth-order valence-corrected chi connectivity index (χ4v) is 1.68. The number of ether oxygens (including phenoxy) is 5. The summed E-state index contributed by atoms with van der Waals surface area (Å²) in [7, 11) is 10.4. The number of carboxylic acid groups (broad SMARTS) is 1. The Kier molecular flexibility index (Phi) is 23.4. The van der Waals surface area contributed by atoms with Crippen molar-refractivity contribution in [3.05, 3.63) is 35.7 Å². The van der Waals surface area contributed by atoms with E-state index >= 15 is 0 Å². The van der Waals surface area contributed by atoms with Crippen molar-refractivity contribution in [2.75, 3.05) is 35.5 Å². The summed E-state index contributed by atoms with van der Waals surface area (Å²) in [5.74, 6) is -2.83. The standard InChI is InChI=1S/2C5H7N3O2.C5H12O3.C3H3N3O2.2CH4.B/c1-8-4(3-6-7-8)5(9)10-2;1-8-6-3-4(7-8)5(9)10-2;1-5(6-2,7-3)8-4;7-3(8)2-1-4-6-5-2;;;/h2*3H,1-2H3;1-4H3;1H,(H,7,8)(H,4,5,6);2*1H4;. The highest BCUT2D eigenvalue weighted by molar-refractivity contribution is 5.87. The number of aromatic nitrogens is 9. The molecule has 3 aromatic heterocycles. The molecule has 0 aliphatic heterocycles. The van der Waals surface area contributed by atoms with E-state index in [0.29, 0.717) is 5.69 Å². The van der Waals surface area contributed by atoms with E-state index in [0.717, 1.165) is 6.20 Å². The number of aromatic amines is 1. The van der Waals surface area contributed by atoms with Gasteiger partial charge in [-0.15, -0.1) is 15.3 Å². The highest BCUT2D eigenvalue weighted by atomic mass is 16.9. The first-order valence-electron chi connectivity index (χ1n) is 9.60. The van der Waals surface area contributed by atoms with Crippen molar-refractivity contribution in [3.63, 3.8) is 0 Å². The molecule has 3 heterocycles. The van der Waals surface area contributed by atoms with Gasteiger partial charge in [0.25, 0.3) is 5.97 Å². The third-order valence-electron chi connectivity index (χ3n) is 3.85. The molecule has 39 heavy (non-hydrogen) atoms. The van der Waals surface area contributed by atoms with Crippen LogP contribution in [0.25, 0.3) is 0 Å². The zero-order valence-corrected chi connectivity index (χ0v) is 21.6. The summed E-state index contributed by atoms with van der Waals surface area (Å²) in [5.41, 5.74) is 0.512. The van der Waals surface area contributed by atoms with E-state index in [1.54, 1.807) is 21.0 Å². The van der Waals surface area contributed by atoms with E-state index in [2.05, 4.69) is 45.4 Å². The molecule has 3 aromatic rings. The second-order valence-corrected chi connectivity index (χ2v) is 6.08. The highest BCUT2D eigenvalue weighted by Gasteiger charge is 2.20. The lowest BCUT2D eigenvalue weighted by molar-refractivity contribution is -0.340. The van der Waals surface area contributed by atoms with Gasteiger partial charge in [-0.1, -0.05) is 20.1 Å². The van der Waals surface area contributed by atoms with Gasteiger partial charge in [-0.05, 0) is 0 Å². The fraction of sp³-hybridized carbons (Fsp3) is 0.550. The number of rotatable bonds is 6. The molecule has 2 N–H and O–H groups in total. The molecule has 0 fully saturated rings. The van der Waals surface area contributed by atoms with Crippen molar-refractivity contribution in [2.45, 2.75) is 27.8 Å². The largest absolute Gasteiger partial charge is 0.476 e. The van der Waals surface area contributed by atoms with Crippen molar-refractivity contribution in [2.24, 2.45) is 14.1 Å². The van der Waals surface area contributed by atoms with Gasteiger partial charge in [0.15, 0.2) is 17.1 Å². The van der Waals surface area contributed by atoms with Gasteiger partial charge in [0.2, 0.25) is 0 Å². The molecule has 0 spiro atoms. The topological polar surface area (TPSA) is 221 Å². The number of aryl methyl sites for hydroxylation is 2. The van der Waals surface area contributed by atoms with E-state index in [4.69, 9.17) is 19.3 Å². The van der Waals surface area contributed by atoms with Gasteiger partial charge in [0, 0.05) is 50.8 Å². The maximum atomic E-state index is 10.8. The van der Waals surface area contributed by atoms with Crippen LogP contribution in [0.15, 0.2) is 18.6 Å². The Morgan fingerprint density at radius 2 is 1.44 bits per heavy atom. The quantitative estimate of drug-likeness (QED) is 0.234. The van der Waals surface area contributed by atoms with E-state index in [-0.39, 0.29) is 34.7 Å². The molecular weight excluding hydrogens is 521 g/mol. The number of carboxylic acids is 1. The first kappa shape index (κ1) is 41.9. The number of nitrogens with zero attached hydrogens (tertiary/aromatic N) is 8. The minimum absolute atomic E-state index is 0. The molecule has 3 rings (SSSR count). The van der Waals surface area contributed by atoms with Crippen LogP contribution >= 0.6 is 0 Å².